The zero-order chi connectivity index (χ0) is 15.9. The standard InChI is InChI=1S/C16H19NO4S/c1-3-11-4-6-12(7-5-11)21-10-13-15(16(18)19)22-14(17-13)8-9-20-2/h4-7H,3,8-10H2,1-2H3,(H,18,19). The molecule has 0 radical (unpaired) electrons. The van der Waals surface area contributed by atoms with Crippen LogP contribution in [0.4, 0.5) is 0 Å². The third kappa shape index (κ3) is 4.29. The number of carbonyl (C=O) groups is 1. The lowest BCUT2D eigenvalue weighted by atomic mass is 10.2. The Morgan fingerprint density at radius 2 is 2.05 bits per heavy atom. The number of nitrogens with zero attached hydrogens (tertiary/aromatic N) is 1. The molecular weight excluding hydrogens is 302 g/mol. The first-order chi connectivity index (χ1) is 10.6. The summed E-state index contributed by atoms with van der Waals surface area (Å²) in [6.45, 7) is 2.76. The van der Waals surface area contributed by atoms with Gasteiger partial charge >= 0.3 is 5.97 Å². The van der Waals surface area contributed by atoms with Crippen LogP contribution in [0.3, 0.4) is 0 Å². The lowest BCUT2D eigenvalue weighted by molar-refractivity contribution is 0.0699. The molecule has 0 aliphatic heterocycles. The number of carboxylic acid groups (broad SMARTS) is 1. The third-order valence-electron chi connectivity index (χ3n) is 3.16. The zero-order valence-corrected chi connectivity index (χ0v) is 13.5. The fourth-order valence-electron chi connectivity index (χ4n) is 1.94. The minimum Gasteiger partial charge on any atom is -0.487 e. The Balaban J connectivity index is 2.06. The van der Waals surface area contributed by atoms with Crippen LogP contribution in [0.15, 0.2) is 24.3 Å². The second-order valence-electron chi connectivity index (χ2n) is 4.72. The van der Waals surface area contributed by atoms with Gasteiger partial charge in [-0.1, -0.05) is 19.1 Å². The lowest BCUT2D eigenvalue weighted by Gasteiger charge is -2.05. The Labute approximate surface area is 133 Å². The first-order valence-corrected chi connectivity index (χ1v) is 7.88. The summed E-state index contributed by atoms with van der Waals surface area (Å²) in [7, 11) is 1.61. The van der Waals surface area contributed by atoms with Crippen LogP contribution < -0.4 is 4.74 Å². The number of thiazole rings is 1. The van der Waals surface area contributed by atoms with Crippen molar-refractivity contribution in [2.75, 3.05) is 13.7 Å². The quantitative estimate of drug-likeness (QED) is 0.809. The minimum atomic E-state index is -0.971. The van der Waals surface area contributed by atoms with Gasteiger partial charge in [-0.3, -0.25) is 0 Å². The first-order valence-electron chi connectivity index (χ1n) is 7.06. The van der Waals surface area contributed by atoms with E-state index in [4.69, 9.17) is 9.47 Å². The van der Waals surface area contributed by atoms with E-state index in [-0.39, 0.29) is 11.5 Å². The summed E-state index contributed by atoms with van der Waals surface area (Å²) in [5.74, 6) is -0.263. The molecule has 0 atom stereocenters. The summed E-state index contributed by atoms with van der Waals surface area (Å²) < 4.78 is 10.6. The second kappa shape index (κ2) is 7.91. The molecule has 118 valence electrons. The number of ether oxygens (including phenoxy) is 2. The van der Waals surface area contributed by atoms with Crippen molar-refractivity contribution in [1.82, 2.24) is 4.98 Å². The summed E-state index contributed by atoms with van der Waals surface area (Å²) in [6, 6.07) is 7.77. The van der Waals surface area contributed by atoms with Gasteiger partial charge in [0.25, 0.3) is 0 Å². The van der Waals surface area contributed by atoms with Crippen LogP contribution in [0.5, 0.6) is 5.75 Å². The Kier molecular flexibility index (Phi) is 5.91. The predicted molar refractivity (Wildman–Crippen MR) is 84.8 cm³/mol. The fourth-order valence-corrected chi connectivity index (χ4v) is 2.82. The van der Waals surface area contributed by atoms with Crippen molar-refractivity contribution >= 4 is 17.3 Å². The van der Waals surface area contributed by atoms with E-state index < -0.39 is 5.97 Å². The molecule has 1 aromatic heterocycles. The van der Waals surface area contributed by atoms with E-state index in [2.05, 4.69) is 11.9 Å². The molecule has 2 rings (SSSR count). The van der Waals surface area contributed by atoms with Crippen LogP contribution in [0.25, 0.3) is 0 Å². The van der Waals surface area contributed by atoms with Gasteiger partial charge in [-0.25, -0.2) is 9.78 Å². The summed E-state index contributed by atoms with van der Waals surface area (Å²) in [5, 5.41) is 10.0. The summed E-state index contributed by atoms with van der Waals surface area (Å²) in [6.07, 6.45) is 1.57. The average molecular weight is 321 g/mol. The molecule has 0 fully saturated rings. The van der Waals surface area contributed by atoms with E-state index in [9.17, 15) is 9.90 Å². The molecule has 0 spiro atoms. The molecule has 0 bridgehead atoms. The number of rotatable bonds is 8. The van der Waals surface area contributed by atoms with E-state index in [1.807, 2.05) is 24.3 Å². The summed E-state index contributed by atoms with van der Waals surface area (Å²) in [4.78, 5) is 15.9. The predicted octanol–water partition coefficient (Wildman–Crippen LogP) is 3.17. The van der Waals surface area contributed by atoms with Crippen molar-refractivity contribution in [3.8, 4) is 5.75 Å². The molecule has 0 amide bonds. The van der Waals surface area contributed by atoms with E-state index in [1.165, 1.54) is 16.9 Å². The van der Waals surface area contributed by atoms with Gasteiger partial charge in [-0.2, -0.15) is 0 Å². The lowest BCUT2D eigenvalue weighted by Crippen LogP contribution is -2.03. The van der Waals surface area contributed by atoms with Crippen molar-refractivity contribution in [3.05, 3.63) is 45.4 Å². The molecule has 1 aromatic carbocycles. The molecule has 1 N–H and O–H groups in total. The van der Waals surface area contributed by atoms with Crippen LogP contribution in [0.1, 0.15) is 32.9 Å². The molecule has 5 nitrogen and oxygen atoms in total. The molecule has 22 heavy (non-hydrogen) atoms. The number of aromatic nitrogens is 1. The maximum Gasteiger partial charge on any atom is 0.347 e. The molecule has 2 aromatic rings. The summed E-state index contributed by atoms with van der Waals surface area (Å²) in [5.41, 5.74) is 1.69. The molecule has 1 heterocycles. The molecule has 0 unspecified atom stereocenters. The highest BCUT2D eigenvalue weighted by atomic mass is 32.1. The van der Waals surface area contributed by atoms with E-state index in [0.717, 1.165) is 11.4 Å². The van der Waals surface area contributed by atoms with Gasteiger partial charge in [-0.05, 0) is 24.1 Å². The van der Waals surface area contributed by atoms with Gasteiger partial charge in [0.1, 0.15) is 22.9 Å². The van der Waals surface area contributed by atoms with Crippen molar-refractivity contribution in [2.24, 2.45) is 0 Å². The molecule has 6 heteroatoms. The van der Waals surface area contributed by atoms with E-state index in [1.54, 1.807) is 7.11 Å². The van der Waals surface area contributed by atoms with E-state index >= 15 is 0 Å². The Morgan fingerprint density at radius 3 is 2.64 bits per heavy atom. The van der Waals surface area contributed by atoms with Gasteiger partial charge in [0, 0.05) is 13.5 Å². The first kappa shape index (κ1) is 16.5. The van der Waals surface area contributed by atoms with Gasteiger partial charge in [0.05, 0.1) is 11.6 Å². The molecular formula is C16H19NO4S. The van der Waals surface area contributed by atoms with Gasteiger partial charge < -0.3 is 14.6 Å². The molecule has 0 aliphatic carbocycles. The number of aryl methyl sites for hydroxylation is 1. The Hall–Kier alpha value is -1.92. The number of hydrogen-bond acceptors (Lipinski definition) is 5. The highest BCUT2D eigenvalue weighted by molar-refractivity contribution is 7.13. The topological polar surface area (TPSA) is 68.7 Å². The molecule has 0 saturated heterocycles. The highest BCUT2D eigenvalue weighted by Crippen LogP contribution is 2.22. The summed E-state index contributed by atoms with van der Waals surface area (Å²) >= 11 is 1.18. The fraction of sp³-hybridized carbons (Fsp3) is 0.375. The maximum atomic E-state index is 11.3. The Morgan fingerprint density at radius 1 is 1.32 bits per heavy atom. The zero-order valence-electron chi connectivity index (χ0n) is 12.7. The van der Waals surface area contributed by atoms with Crippen LogP contribution in [0, 0.1) is 0 Å². The number of carboxylic acids is 1. The van der Waals surface area contributed by atoms with Crippen molar-refractivity contribution < 1.29 is 19.4 Å². The van der Waals surface area contributed by atoms with Gasteiger partial charge in [-0.15, -0.1) is 11.3 Å². The minimum absolute atomic E-state index is 0.149. The van der Waals surface area contributed by atoms with Gasteiger partial charge in [0.2, 0.25) is 0 Å². The number of methoxy groups -OCH3 is 1. The number of aromatic carboxylic acids is 1. The average Bonchev–Trinajstić information content (AvgIpc) is 2.95. The van der Waals surface area contributed by atoms with Gasteiger partial charge in [0.15, 0.2) is 0 Å². The SMILES string of the molecule is CCc1ccc(OCc2nc(CCOC)sc2C(=O)O)cc1. The van der Waals surface area contributed by atoms with Crippen molar-refractivity contribution in [2.45, 2.75) is 26.4 Å². The van der Waals surface area contributed by atoms with E-state index in [0.29, 0.717) is 24.5 Å². The van der Waals surface area contributed by atoms with Crippen molar-refractivity contribution in [1.29, 1.82) is 0 Å². The second-order valence-corrected chi connectivity index (χ2v) is 5.80. The van der Waals surface area contributed by atoms with Crippen LogP contribution in [-0.4, -0.2) is 29.8 Å². The van der Waals surface area contributed by atoms with Crippen LogP contribution >= 0.6 is 11.3 Å². The number of hydrogen-bond donors (Lipinski definition) is 1. The monoisotopic (exact) mass is 321 g/mol. The normalized spacial score (nSPS) is 10.6. The largest absolute Gasteiger partial charge is 0.487 e. The maximum absolute atomic E-state index is 11.3. The Bertz CT molecular complexity index is 622. The molecule has 0 aliphatic rings. The third-order valence-corrected chi connectivity index (χ3v) is 4.31. The smallest absolute Gasteiger partial charge is 0.347 e. The highest BCUT2D eigenvalue weighted by Gasteiger charge is 2.17. The number of benzene rings is 1. The molecule has 0 saturated carbocycles. The van der Waals surface area contributed by atoms with Crippen LogP contribution in [-0.2, 0) is 24.2 Å². The van der Waals surface area contributed by atoms with Crippen LogP contribution in [0.2, 0.25) is 0 Å². The van der Waals surface area contributed by atoms with Crippen molar-refractivity contribution in [3.63, 3.8) is 0 Å².